The van der Waals surface area contributed by atoms with Crippen molar-refractivity contribution in [1.29, 1.82) is 0 Å². The van der Waals surface area contributed by atoms with Crippen molar-refractivity contribution in [2.45, 2.75) is 17.4 Å². The van der Waals surface area contributed by atoms with E-state index in [0.717, 1.165) is 11.1 Å². The molecule has 6 nitrogen and oxygen atoms in total. The normalized spacial score (nSPS) is 12.2. The van der Waals surface area contributed by atoms with Gasteiger partial charge in [0.1, 0.15) is 0 Å². The number of benzene rings is 2. The van der Waals surface area contributed by atoms with Gasteiger partial charge in [-0.2, -0.15) is 0 Å². The van der Waals surface area contributed by atoms with Gasteiger partial charge >= 0.3 is 0 Å². The fourth-order valence-corrected chi connectivity index (χ4v) is 2.97. The SMILES string of the molecule is C[C@H](Sc1nnc(-c2ccccc2)o1)c1nnc(-c2ccccc2)o1. The lowest BCUT2D eigenvalue weighted by atomic mass is 10.2. The van der Waals surface area contributed by atoms with E-state index in [1.165, 1.54) is 11.8 Å². The summed E-state index contributed by atoms with van der Waals surface area (Å²) in [6.07, 6.45) is 0. The fraction of sp³-hybridized carbons (Fsp3) is 0.111. The molecule has 4 aromatic rings. The van der Waals surface area contributed by atoms with E-state index in [1.807, 2.05) is 67.6 Å². The minimum Gasteiger partial charge on any atom is -0.419 e. The largest absolute Gasteiger partial charge is 0.419 e. The molecule has 25 heavy (non-hydrogen) atoms. The number of aromatic nitrogens is 4. The Morgan fingerprint density at radius 3 is 1.92 bits per heavy atom. The molecule has 0 aliphatic rings. The van der Waals surface area contributed by atoms with Gasteiger partial charge in [0.15, 0.2) is 0 Å². The predicted molar refractivity (Wildman–Crippen MR) is 93.7 cm³/mol. The van der Waals surface area contributed by atoms with Gasteiger partial charge in [-0.1, -0.05) is 48.2 Å². The Morgan fingerprint density at radius 2 is 1.28 bits per heavy atom. The van der Waals surface area contributed by atoms with Crippen LogP contribution in [0.5, 0.6) is 0 Å². The number of thioether (sulfide) groups is 1. The Labute approximate surface area is 148 Å². The predicted octanol–water partition coefficient (Wildman–Crippen LogP) is 4.64. The van der Waals surface area contributed by atoms with Gasteiger partial charge in [-0.15, -0.1) is 20.4 Å². The highest BCUT2D eigenvalue weighted by Gasteiger charge is 2.19. The summed E-state index contributed by atoms with van der Waals surface area (Å²) in [6.45, 7) is 1.96. The highest BCUT2D eigenvalue weighted by atomic mass is 32.2. The first-order valence-electron chi connectivity index (χ1n) is 7.74. The third kappa shape index (κ3) is 3.46. The van der Waals surface area contributed by atoms with Crippen LogP contribution in [0.25, 0.3) is 22.9 Å². The van der Waals surface area contributed by atoms with Crippen LogP contribution in [0, 0.1) is 0 Å². The molecule has 0 bridgehead atoms. The smallest absolute Gasteiger partial charge is 0.277 e. The second-order valence-corrected chi connectivity index (χ2v) is 6.60. The van der Waals surface area contributed by atoms with Crippen molar-refractivity contribution >= 4 is 11.8 Å². The van der Waals surface area contributed by atoms with Crippen LogP contribution in [0.2, 0.25) is 0 Å². The Kier molecular flexibility index (Phi) is 4.30. The number of nitrogens with zero attached hydrogens (tertiary/aromatic N) is 4. The van der Waals surface area contributed by atoms with E-state index in [2.05, 4.69) is 20.4 Å². The molecule has 2 aromatic heterocycles. The fourth-order valence-electron chi connectivity index (χ4n) is 2.25. The number of rotatable bonds is 5. The van der Waals surface area contributed by atoms with Crippen LogP contribution < -0.4 is 0 Å². The summed E-state index contributed by atoms with van der Waals surface area (Å²) in [4.78, 5) is 0. The lowest BCUT2D eigenvalue weighted by Gasteiger charge is -2.01. The van der Waals surface area contributed by atoms with Gasteiger partial charge in [-0.05, 0) is 31.2 Å². The molecule has 0 unspecified atom stereocenters. The summed E-state index contributed by atoms with van der Waals surface area (Å²) in [5.41, 5.74) is 1.78. The van der Waals surface area contributed by atoms with E-state index in [4.69, 9.17) is 8.83 Å². The summed E-state index contributed by atoms with van der Waals surface area (Å²) < 4.78 is 11.5. The zero-order chi connectivity index (χ0) is 17.1. The highest BCUT2D eigenvalue weighted by molar-refractivity contribution is 7.99. The van der Waals surface area contributed by atoms with Crippen LogP contribution in [-0.4, -0.2) is 20.4 Å². The zero-order valence-electron chi connectivity index (χ0n) is 13.4. The zero-order valence-corrected chi connectivity index (χ0v) is 14.2. The van der Waals surface area contributed by atoms with Gasteiger partial charge in [0.05, 0.1) is 5.25 Å². The Hall–Kier alpha value is -2.93. The Balaban J connectivity index is 1.49. The third-order valence-electron chi connectivity index (χ3n) is 3.51. The van der Waals surface area contributed by atoms with Crippen LogP contribution in [0.4, 0.5) is 0 Å². The second-order valence-electron chi connectivity index (χ2n) is 5.31. The molecule has 0 saturated carbocycles. The maximum absolute atomic E-state index is 5.76. The minimum atomic E-state index is -0.103. The summed E-state index contributed by atoms with van der Waals surface area (Å²) in [5, 5.41) is 16.8. The molecule has 0 amide bonds. The first kappa shape index (κ1) is 15.6. The number of hydrogen-bond donors (Lipinski definition) is 0. The van der Waals surface area contributed by atoms with E-state index in [1.54, 1.807) is 0 Å². The van der Waals surface area contributed by atoms with Gasteiger partial charge in [0, 0.05) is 11.1 Å². The van der Waals surface area contributed by atoms with Crippen LogP contribution in [0.15, 0.2) is 74.7 Å². The molecule has 1 atom stereocenters. The molecule has 0 spiro atoms. The van der Waals surface area contributed by atoms with Crippen molar-refractivity contribution in [3.63, 3.8) is 0 Å². The topological polar surface area (TPSA) is 77.8 Å². The third-order valence-corrected chi connectivity index (χ3v) is 4.44. The van der Waals surface area contributed by atoms with E-state index in [9.17, 15) is 0 Å². The molecular formula is C18H14N4O2S. The van der Waals surface area contributed by atoms with Crippen molar-refractivity contribution in [3.05, 3.63) is 66.6 Å². The standard InChI is InChI=1S/C18H14N4O2S/c1-12(15-19-20-16(23-15)13-8-4-2-5-9-13)25-18-22-21-17(24-18)14-10-6-3-7-11-14/h2-12H,1H3/t12-/m0/s1. The van der Waals surface area contributed by atoms with E-state index >= 15 is 0 Å². The van der Waals surface area contributed by atoms with Crippen LogP contribution >= 0.6 is 11.8 Å². The molecule has 124 valence electrons. The molecule has 0 aliphatic carbocycles. The van der Waals surface area contributed by atoms with Crippen molar-refractivity contribution in [3.8, 4) is 22.9 Å². The molecule has 7 heteroatoms. The van der Waals surface area contributed by atoms with Crippen molar-refractivity contribution in [1.82, 2.24) is 20.4 Å². The Morgan fingerprint density at radius 1 is 0.720 bits per heavy atom. The van der Waals surface area contributed by atoms with Crippen LogP contribution in [-0.2, 0) is 0 Å². The molecule has 2 heterocycles. The lowest BCUT2D eigenvalue weighted by Crippen LogP contribution is -1.88. The highest BCUT2D eigenvalue weighted by Crippen LogP contribution is 2.35. The molecule has 0 radical (unpaired) electrons. The van der Waals surface area contributed by atoms with Crippen LogP contribution in [0.1, 0.15) is 18.1 Å². The first-order valence-corrected chi connectivity index (χ1v) is 8.62. The van der Waals surface area contributed by atoms with E-state index in [-0.39, 0.29) is 5.25 Å². The Bertz CT molecular complexity index is 953. The molecular weight excluding hydrogens is 336 g/mol. The molecule has 2 aromatic carbocycles. The quantitative estimate of drug-likeness (QED) is 0.485. The summed E-state index contributed by atoms with van der Waals surface area (Å²) >= 11 is 1.38. The first-order chi connectivity index (χ1) is 12.3. The molecule has 0 aliphatic heterocycles. The van der Waals surface area contributed by atoms with Crippen molar-refractivity contribution in [2.75, 3.05) is 0 Å². The summed E-state index contributed by atoms with van der Waals surface area (Å²) in [7, 11) is 0. The van der Waals surface area contributed by atoms with E-state index in [0.29, 0.717) is 22.9 Å². The van der Waals surface area contributed by atoms with Gasteiger partial charge in [-0.25, -0.2) is 0 Å². The molecule has 0 N–H and O–H groups in total. The maximum Gasteiger partial charge on any atom is 0.277 e. The minimum absolute atomic E-state index is 0.103. The van der Waals surface area contributed by atoms with Gasteiger partial charge in [0.2, 0.25) is 17.7 Å². The monoisotopic (exact) mass is 350 g/mol. The lowest BCUT2D eigenvalue weighted by molar-refractivity contribution is 0.461. The second kappa shape index (κ2) is 6.90. The maximum atomic E-state index is 5.76. The summed E-state index contributed by atoms with van der Waals surface area (Å²) in [6, 6.07) is 19.3. The van der Waals surface area contributed by atoms with Gasteiger partial charge in [-0.3, -0.25) is 0 Å². The van der Waals surface area contributed by atoms with E-state index < -0.39 is 0 Å². The summed E-state index contributed by atoms with van der Waals surface area (Å²) in [5.74, 6) is 1.51. The molecule has 0 fully saturated rings. The average Bonchev–Trinajstić information content (AvgIpc) is 3.33. The van der Waals surface area contributed by atoms with Gasteiger partial charge in [0.25, 0.3) is 5.22 Å². The molecule has 4 rings (SSSR count). The van der Waals surface area contributed by atoms with Crippen LogP contribution in [0.3, 0.4) is 0 Å². The van der Waals surface area contributed by atoms with Gasteiger partial charge < -0.3 is 8.83 Å². The average molecular weight is 350 g/mol. The van der Waals surface area contributed by atoms with Crippen molar-refractivity contribution in [2.24, 2.45) is 0 Å². The number of hydrogen-bond acceptors (Lipinski definition) is 7. The molecule has 0 saturated heterocycles. The van der Waals surface area contributed by atoms with Crippen molar-refractivity contribution < 1.29 is 8.83 Å².